The van der Waals surface area contributed by atoms with Crippen molar-refractivity contribution >= 4 is 51.3 Å². The number of imide groups is 1. The Hall–Kier alpha value is -2.70. The highest BCUT2D eigenvalue weighted by Crippen LogP contribution is 2.49. The van der Waals surface area contributed by atoms with E-state index in [1.165, 1.54) is 16.7 Å². The Morgan fingerprint density at radius 1 is 0.862 bits per heavy atom. The first kappa shape index (κ1) is 18.3. The van der Waals surface area contributed by atoms with E-state index in [4.69, 9.17) is 4.99 Å². The number of aliphatic imine (C=N–C) groups is 1. The van der Waals surface area contributed by atoms with Crippen LogP contribution >= 0.6 is 23.1 Å². The van der Waals surface area contributed by atoms with E-state index < -0.39 is 5.25 Å². The van der Waals surface area contributed by atoms with Gasteiger partial charge in [-0.3, -0.25) is 9.59 Å². The molecule has 1 aromatic heterocycles. The van der Waals surface area contributed by atoms with E-state index in [0.29, 0.717) is 12.1 Å². The maximum Gasteiger partial charge on any atom is 0.248 e. The van der Waals surface area contributed by atoms with Gasteiger partial charge in [-0.25, -0.2) is 9.89 Å². The lowest BCUT2D eigenvalue weighted by atomic mass is 9.86. The quantitative estimate of drug-likeness (QED) is 0.546. The predicted octanol–water partition coefficient (Wildman–Crippen LogP) is 5.26. The van der Waals surface area contributed by atoms with Gasteiger partial charge in [0, 0.05) is 17.2 Å². The zero-order chi connectivity index (χ0) is 19.8. The summed E-state index contributed by atoms with van der Waals surface area (Å²) in [5, 5.41) is 2.49. The van der Waals surface area contributed by atoms with Crippen molar-refractivity contribution in [1.29, 1.82) is 0 Å². The third kappa shape index (κ3) is 3.32. The van der Waals surface area contributed by atoms with Gasteiger partial charge in [0.2, 0.25) is 11.8 Å². The van der Waals surface area contributed by atoms with Gasteiger partial charge in [-0.2, -0.15) is 0 Å². The van der Waals surface area contributed by atoms with E-state index >= 15 is 0 Å². The van der Waals surface area contributed by atoms with Gasteiger partial charge >= 0.3 is 0 Å². The molecule has 0 aliphatic carbocycles. The molecule has 3 aromatic rings. The molecule has 0 radical (unpaired) electrons. The van der Waals surface area contributed by atoms with Gasteiger partial charge in [-0.1, -0.05) is 54.2 Å². The molecule has 2 amide bonds. The van der Waals surface area contributed by atoms with Gasteiger partial charge in [-0.05, 0) is 35.7 Å². The van der Waals surface area contributed by atoms with Crippen LogP contribution in [0.25, 0.3) is 0 Å². The van der Waals surface area contributed by atoms with Crippen molar-refractivity contribution in [1.82, 2.24) is 0 Å². The molecule has 3 unspecified atom stereocenters. The van der Waals surface area contributed by atoms with E-state index in [0.717, 1.165) is 15.6 Å². The maximum atomic E-state index is 13.4. The van der Waals surface area contributed by atoms with Crippen LogP contribution in [0.3, 0.4) is 0 Å². The molecule has 144 valence electrons. The summed E-state index contributed by atoms with van der Waals surface area (Å²) in [6, 6.07) is 23.1. The van der Waals surface area contributed by atoms with Crippen molar-refractivity contribution in [3.63, 3.8) is 0 Å². The Bertz CT molecular complexity index is 1060. The number of hydrogen-bond donors (Lipinski definition) is 0. The Balaban J connectivity index is 1.55. The summed E-state index contributed by atoms with van der Waals surface area (Å²) in [7, 11) is 0. The highest BCUT2D eigenvalue weighted by molar-refractivity contribution is 8.15. The molecule has 2 aliphatic rings. The first-order chi connectivity index (χ1) is 14.2. The van der Waals surface area contributed by atoms with Gasteiger partial charge in [0.05, 0.1) is 22.3 Å². The number of anilines is 1. The number of thioether (sulfide) groups is 1. The minimum atomic E-state index is -0.439. The Kier molecular flexibility index (Phi) is 4.81. The van der Waals surface area contributed by atoms with Crippen molar-refractivity contribution in [3.8, 4) is 0 Å². The summed E-state index contributed by atoms with van der Waals surface area (Å²) in [4.78, 5) is 34.0. The topological polar surface area (TPSA) is 49.7 Å². The molecule has 5 rings (SSSR count). The van der Waals surface area contributed by atoms with Crippen molar-refractivity contribution < 1.29 is 9.59 Å². The second kappa shape index (κ2) is 7.61. The van der Waals surface area contributed by atoms with Crippen molar-refractivity contribution in [2.75, 3.05) is 4.90 Å². The summed E-state index contributed by atoms with van der Waals surface area (Å²) in [5.74, 6) is -0.635. The predicted molar refractivity (Wildman–Crippen MR) is 119 cm³/mol. The molecule has 2 fully saturated rings. The largest absolute Gasteiger partial charge is 0.274 e. The average Bonchev–Trinajstić information content (AvgIpc) is 3.37. The normalized spacial score (nSPS) is 25.4. The van der Waals surface area contributed by atoms with Crippen LogP contribution in [0, 0.1) is 5.92 Å². The smallest absolute Gasteiger partial charge is 0.248 e. The van der Waals surface area contributed by atoms with Crippen LogP contribution in [0.1, 0.15) is 17.2 Å². The SMILES string of the molecule is O=C1C2SC(=Nc3ccccc3)CC(c3cccs3)C2C(=O)N1c1ccccc1. The molecule has 2 aromatic carbocycles. The number of amides is 2. The fourth-order valence-corrected chi connectivity index (χ4v) is 6.28. The number of benzene rings is 2. The minimum Gasteiger partial charge on any atom is -0.274 e. The number of hydrogen-bond acceptors (Lipinski definition) is 5. The standard InChI is InChI=1S/C23H18N2O2S2/c26-22-20-17(18-12-7-13-28-18)14-19(24-15-8-3-1-4-9-15)29-21(20)23(27)25(22)16-10-5-2-6-11-16/h1-13,17,20-21H,14H2. The molecule has 0 saturated carbocycles. The van der Waals surface area contributed by atoms with Gasteiger partial charge < -0.3 is 0 Å². The van der Waals surface area contributed by atoms with Crippen LogP contribution in [-0.2, 0) is 9.59 Å². The first-order valence-electron chi connectivity index (χ1n) is 9.48. The molecule has 3 heterocycles. The van der Waals surface area contributed by atoms with E-state index in [-0.39, 0.29) is 23.7 Å². The molecule has 0 spiro atoms. The number of rotatable bonds is 3. The van der Waals surface area contributed by atoms with E-state index in [9.17, 15) is 9.59 Å². The lowest BCUT2D eigenvalue weighted by molar-refractivity contribution is -0.122. The van der Waals surface area contributed by atoms with E-state index in [1.54, 1.807) is 11.3 Å². The number of nitrogens with zero attached hydrogens (tertiary/aromatic N) is 2. The average molecular weight is 419 g/mol. The zero-order valence-electron chi connectivity index (χ0n) is 15.5. The molecular formula is C23H18N2O2S2. The van der Waals surface area contributed by atoms with Crippen LogP contribution in [0.4, 0.5) is 11.4 Å². The van der Waals surface area contributed by atoms with Gasteiger partial charge in [0.1, 0.15) is 5.25 Å². The first-order valence-corrected chi connectivity index (χ1v) is 11.2. The second-order valence-corrected chi connectivity index (χ2v) is 9.27. The van der Waals surface area contributed by atoms with Crippen LogP contribution in [-0.4, -0.2) is 22.1 Å². The van der Waals surface area contributed by atoms with E-state index in [2.05, 4.69) is 6.07 Å². The Morgan fingerprint density at radius 2 is 1.59 bits per heavy atom. The molecule has 2 aliphatic heterocycles. The number of para-hydroxylation sites is 2. The lowest BCUT2D eigenvalue weighted by Gasteiger charge is -2.30. The number of carbonyl (C=O) groups is 2. The number of carbonyl (C=O) groups excluding carboxylic acids is 2. The van der Waals surface area contributed by atoms with Gasteiger partial charge in [0.25, 0.3) is 0 Å². The highest BCUT2D eigenvalue weighted by atomic mass is 32.2. The summed E-state index contributed by atoms with van der Waals surface area (Å²) in [6.07, 6.45) is 0.670. The highest BCUT2D eigenvalue weighted by Gasteiger charge is 2.55. The summed E-state index contributed by atoms with van der Waals surface area (Å²) in [6.45, 7) is 0. The molecule has 6 heteroatoms. The second-order valence-electron chi connectivity index (χ2n) is 7.08. The lowest BCUT2D eigenvalue weighted by Crippen LogP contribution is -2.33. The number of thiophene rings is 1. The zero-order valence-corrected chi connectivity index (χ0v) is 17.1. The van der Waals surface area contributed by atoms with Crippen molar-refractivity contribution in [2.45, 2.75) is 17.6 Å². The molecule has 29 heavy (non-hydrogen) atoms. The molecule has 0 bridgehead atoms. The monoisotopic (exact) mass is 418 g/mol. The van der Waals surface area contributed by atoms with Gasteiger partial charge in [-0.15, -0.1) is 11.3 Å². The van der Waals surface area contributed by atoms with Crippen LogP contribution in [0.2, 0.25) is 0 Å². The van der Waals surface area contributed by atoms with Crippen molar-refractivity contribution in [2.24, 2.45) is 10.9 Å². The van der Waals surface area contributed by atoms with Crippen LogP contribution < -0.4 is 4.90 Å². The molecule has 0 N–H and O–H groups in total. The minimum absolute atomic E-state index is 0.0334. The molecular weight excluding hydrogens is 400 g/mol. The van der Waals surface area contributed by atoms with E-state index in [1.807, 2.05) is 72.1 Å². The Labute approximate surface area is 177 Å². The molecule has 3 atom stereocenters. The number of fused-ring (bicyclic) bond motifs is 1. The fraction of sp³-hybridized carbons (Fsp3) is 0.174. The van der Waals surface area contributed by atoms with Crippen LogP contribution in [0.15, 0.2) is 83.2 Å². The Morgan fingerprint density at radius 3 is 2.28 bits per heavy atom. The third-order valence-electron chi connectivity index (χ3n) is 5.32. The maximum absolute atomic E-state index is 13.4. The van der Waals surface area contributed by atoms with Crippen molar-refractivity contribution in [3.05, 3.63) is 83.1 Å². The summed E-state index contributed by atoms with van der Waals surface area (Å²) >= 11 is 3.09. The molecule has 2 saturated heterocycles. The molecule has 4 nitrogen and oxygen atoms in total. The summed E-state index contributed by atoms with van der Waals surface area (Å²) < 4.78 is 0. The van der Waals surface area contributed by atoms with Crippen LogP contribution in [0.5, 0.6) is 0 Å². The fourth-order valence-electron chi connectivity index (χ4n) is 4.01. The van der Waals surface area contributed by atoms with Gasteiger partial charge in [0.15, 0.2) is 0 Å². The third-order valence-corrected chi connectivity index (χ3v) is 7.60. The summed E-state index contributed by atoms with van der Waals surface area (Å²) in [5.41, 5.74) is 1.51.